The summed E-state index contributed by atoms with van der Waals surface area (Å²) in [4.78, 5) is 49.6. The van der Waals surface area contributed by atoms with Gasteiger partial charge < -0.3 is 20.2 Å². The summed E-state index contributed by atoms with van der Waals surface area (Å²) in [6, 6.07) is 8.10. The number of aromatic nitrogens is 2. The summed E-state index contributed by atoms with van der Waals surface area (Å²) >= 11 is 0. The molecule has 4 rings (SSSR count). The molecule has 10 nitrogen and oxygen atoms in total. The zero-order valence-corrected chi connectivity index (χ0v) is 23.9. The van der Waals surface area contributed by atoms with Crippen LogP contribution in [-0.2, 0) is 14.4 Å². The molecular formula is C30H43N5O5. The van der Waals surface area contributed by atoms with E-state index in [1.165, 1.54) is 45.4 Å². The van der Waals surface area contributed by atoms with Crippen molar-refractivity contribution in [3.63, 3.8) is 0 Å². The van der Waals surface area contributed by atoms with Crippen molar-refractivity contribution < 1.29 is 19.5 Å². The summed E-state index contributed by atoms with van der Waals surface area (Å²) in [6.07, 6.45) is 10.2. The van der Waals surface area contributed by atoms with E-state index in [9.17, 15) is 19.5 Å². The van der Waals surface area contributed by atoms with Gasteiger partial charge in [-0.3, -0.25) is 14.5 Å². The first-order valence-electron chi connectivity index (χ1n) is 14.8. The number of likely N-dealkylation sites (tertiary alicyclic amines) is 1. The van der Waals surface area contributed by atoms with Crippen LogP contribution >= 0.6 is 0 Å². The molecule has 2 fully saturated rings. The number of benzene rings is 1. The predicted molar refractivity (Wildman–Crippen MR) is 154 cm³/mol. The molecule has 1 amide bonds. The molecule has 3 unspecified atom stereocenters. The first-order chi connectivity index (χ1) is 19.2. The van der Waals surface area contributed by atoms with Gasteiger partial charge in [0.2, 0.25) is 11.8 Å². The fourth-order valence-corrected chi connectivity index (χ4v) is 6.65. The van der Waals surface area contributed by atoms with Gasteiger partial charge in [-0.25, -0.2) is 9.78 Å². The highest BCUT2D eigenvalue weighted by Gasteiger charge is 2.37. The molecule has 1 aliphatic heterocycles. The van der Waals surface area contributed by atoms with E-state index in [0.29, 0.717) is 23.1 Å². The molecule has 1 saturated heterocycles. The van der Waals surface area contributed by atoms with Crippen molar-refractivity contribution in [2.45, 2.75) is 109 Å². The van der Waals surface area contributed by atoms with E-state index in [1.54, 1.807) is 16.7 Å². The fourth-order valence-electron chi connectivity index (χ4n) is 6.65. The van der Waals surface area contributed by atoms with Gasteiger partial charge in [0, 0.05) is 24.7 Å². The first kappa shape index (κ1) is 29.7. The van der Waals surface area contributed by atoms with E-state index >= 15 is 0 Å². The van der Waals surface area contributed by atoms with Gasteiger partial charge in [0.15, 0.2) is 5.69 Å². The second kappa shape index (κ2) is 13.4. The Balaban J connectivity index is 1.70. The molecule has 0 bridgehead atoms. The molecule has 0 radical (unpaired) electrons. The number of amides is 1. The maximum Gasteiger partial charge on any atom is 0.360 e. The van der Waals surface area contributed by atoms with E-state index < -0.39 is 29.3 Å². The SMILES string of the molecule is CCCC1CCC[C@H](N2CC[C@H](n3c(=O)c(/C(=N/OC(C)C(N)=O)C(=O)O)nc4ccccc43)CC2CCC)C1. The number of hydrogen-bond donors (Lipinski definition) is 2. The van der Waals surface area contributed by atoms with Gasteiger partial charge in [-0.2, -0.15) is 0 Å². The fraction of sp³-hybridized carbons (Fsp3) is 0.633. The molecule has 1 aliphatic carbocycles. The van der Waals surface area contributed by atoms with Crippen LogP contribution in [0.15, 0.2) is 34.2 Å². The van der Waals surface area contributed by atoms with Crippen LogP contribution in [0.3, 0.4) is 0 Å². The third-order valence-corrected chi connectivity index (χ3v) is 8.57. The van der Waals surface area contributed by atoms with Crippen LogP contribution in [0, 0.1) is 5.92 Å². The molecule has 218 valence electrons. The second-order valence-electron chi connectivity index (χ2n) is 11.4. The third kappa shape index (κ3) is 6.54. The number of carboxylic acid groups (broad SMARTS) is 1. The maximum absolute atomic E-state index is 14.0. The Kier molecular flexibility index (Phi) is 9.95. The molecule has 2 aromatic rings. The number of carbonyl (C=O) groups is 2. The average molecular weight is 554 g/mol. The van der Waals surface area contributed by atoms with Crippen LogP contribution in [0.4, 0.5) is 0 Å². The molecule has 2 heterocycles. The maximum atomic E-state index is 14.0. The van der Waals surface area contributed by atoms with Gasteiger partial charge in [-0.15, -0.1) is 0 Å². The predicted octanol–water partition coefficient (Wildman–Crippen LogP) is 4.24. The molecular weight excluding hydrogens is 510 g/mol. The number of oxime groups is 1. The lowest BCUT2D eigenvalue weighted by Gasteiger charge is -2.47. The zero-order valence-electron chi connectivity index (χ0n) is 23.9. The van der Waals surface area contributed by atoms with Crippen LogP contribution in [0.2, 0.25) is 0 Å². The standard InChI is InChI=1S/C30H43N5O5/c1-4-9-20-11-8-12-22(17-20)34-16-15-23(18-21(34)10-5-2)35-25-14-7-6-13-24(25)32-26(29(35)37)27(30(38)39)33-40-19(3)28(31)36/h6-7,13-14,19-23H,4-5,8-12,15-18H2,1-3H3,(H2,31,36)(H,38,39)/b33-27-/t19?,20?,21?,22-,23-/m0/s1. The second-order valence-corrected chi connectivity index (χ2v) is 11.4. The molecule has 1 saturated carbocycles. The highest BCUT2D eigenvalue weighted by atomic mass is 16.6. The number of para-hydroxylation sites is 2. The molecule has 3 N–H and O–H groups in total. The lowest BCUT2D eigenvalue weighted by molar-refractivity contribution is -0.131. The summed E-state index contributed by atoms with van der Waals surface area (Å²) in [6.45, 7) is 6.73. The number of piperidine rings is 1. The smallest absolute Gasteiger partial charge is 0.360 e. The Bertz CT molecular complexity index is 1290. The Morgan fingerprint density at radius 2 is 1.88 bits per heavy atom. The van der Waals surface area contributed by atoms with Crippen molar-refractivity contribution in [1.82, 2.24) is 14.5 Å². The van der Waals surface area contributed by atoms with Gasteiger partial charge in [-0.05, 0) is 57.1 Å². The van der Waals surface area contributed by atoms with Crippen LogP contribution in [0.5, 0.6) is 0 Å². The number of rotatable bonds is 11. The van der Waals surface area contributed by atoms with Gasteiger partial charge in [0.05, 0.1) is 11.0 Å². The number of nitrogens with two attached hydrogens (primary N) is 1. The van der Waals surface area contributed by atoms with Crippen molar-refractivity contribution in [2.24, 2.45) is 16.8 Å². The number of hydrogen-bond acceptors (Lipinski definition) is 7. The Morgan fingerprint density at radius 3 is 2.58 bits per heavy atom. The van der Waals surface area contributed by atoms with E-state index in [2.05, 4.69) is 28.9 Å². The van der Waals surface area contributed by atoms with E-state index in [1.807, 2.05) is 12.1 Å². The van der Waals surface area contributed by atoms with Crippen LogP contribution < -0.4 is 11.3 Å². The topological polar surface area (TPSA) is 140 Å². The highest BCUT2D eigenvalue weighted by molar-refractivity contribution is 6.41. The van der Waals surface area contributed by atoms with E-state index in [-0.39, 0.29) is 11.7 Å². The lowest BCUT2D eigenvalue weighted by atomic mass is 9.80. The van der Waals surface area contributed by atoms with Crippen molar-refractivity contribution in [1.29, 1.82) is 0 Å². The first-order valence-corrected chi connectivity index (χ1v) is 14.8. The largest absolute Gasteiger partial charge is 0.476 e. The number of aliphatic carboxylic acids is 1. The number of primary amides is 1. The summed E-state index contributed by atoms with van der Waals surface area (Å²) in [5.74, 6) is -1.47. The minimum atomic E-state index is -1.47. The third-order valence-electron chi connectivity index (χ3n) is 8.57. The summed E-state index contributed by atoms with van der Waals surface area (Å²) in [7, 11) is 0. The molecule has 1 aromatic heterocycles. The van der Waals surface area contributed by atoms with Crippen LogP contribution in [0.1, 0.15) is 96.7 Å². The number of carbonyl (C=O) groups excluding carboxylic acids is 1. The molecule has 5 atom stereocenters. The number of nitrogens with zero attached hydrogens (tertiary/aromatic N) is 4. The van der Waals surface area contributed by atoms with Crippen molar-refractivity contribution in [3.8, 4) is 0 Å². The monoisotopic (exact) mass is 553 g/mol. The van der Waals surface area contributed by atoms with Gasteiger partial charge >= 0.3 is 5.97 Å². The summed E-state index contributed by atoms with van der Waals surface area (Å²) in [5, 5.41) is 13.5. The lowest BCUT2D eigenvalue weighted by Crippen LogP contribution is -2.51. The van der Waals surface area contributed by atoms with E-state index in [0.717, 1.165) is 38.1 Å². The van der Waals surface area contributed by atoms with Crippen LogP contribution in [0.25, 0.3) is 11.0 Å². The molecule has 2 aliphatic rings. The van der Waals surface area contributed by atoms with Crippen molar-refractivity contribution in [3.05, 3.63) is 40.3 Å². The van der Waals surface area contributed by atoms with Gasteiger partial charge in [0.25, 0.3) is 11.5 Å². The zero-order chi connectivity index (χ0) is 28.8. The minimum Gasteiger partial charge on any atom is -0.476 e. The Hall–Kier alpha value is -3.27. The van der Waals surface area contributed by atoms with Crippen molar-refractivity contribution >= 4 is 28.6 Å². The average Bonchev–Trinajstić information content (AvgIpc) is 2.93. The summed E-state index contributed by atoms with van der Waals surface area (Å²) < 4.78 is 1.72. The quantitative estimate of drug-likeness (QED) is 0.313. The van der Waals surface area contributed by atoms with Gasteiger partial charge in [-0.1, -0.05) is 63.2 Å². The Labute approximate surface area is 235 Å². The van der Waals surface area contributed by atoms with E-state index in [4.69, 9.17) is 10.6 Å². The van der Waals surface area contributed by atoms with Gasteiger partial charge in [0.1, 0.15) is 0 Å². The van der Waals surface area contributed by atoms with Crippen molar-refractivity contribution in [2.75, 3.05) is 6.54 Å². The summed E-state index contributed by atoms with van der Waals surface area (Å²) in [5.41, 5.74) is 4.90. The number of fused-ring (bicyclic) bond motifs is 1. The number of carboxylic acids is 1. The molecule has 1 aromatic carbocycles. The molecule has 0 spiro atoms. The molecule has 10 heteroatoms. The van der Waals surface area contributed by atoms with Crippen LogP contribution in [-0.4, -0.2) is 61.9 Å². The normalized spacial score (nSPS) is 25.0. The highest BCUT2D eigenvalue weighted by Crippen LogP contribution is 2.37. The Morgan fingerprint density at radius 1 is 1.12 bits per heavy atom. The molecule has 40 heavy (non-hydrogen) atoms. The minimum absolute atomic E-state index is 0.109.